The van der Waals surface area contributed by atoms with Crippen molar-refractivity contribution in [2.24, 2.45) is 0 Å². The molecule has 0 bridgehead atoms. The summed E-state index contributed by atoms with van der Waals surface area (Å²) >= 11 is 5.97. The van der Waals surface area contributed by atoms with Gasteiger partial charge in [-0.1, -0.05) is 35.9 Å². The van der Waals surface area contributed by atoms with Crippen LogP contribution in [0.1, 0.15) is 40.5 Å². The first kappa shape index (κ1) is 22.9. The molecule has 1 saturated carbocycles. The van der Waals surface area contributed by atoms with Crippen LogP contribution < -0.4 is 5.43 Å². The minimum atomic E-state index is -1.70. The standard InChI is InChI=1S/C23H22ClFN4O4/c24-16-7-8-18(25)17(9-16)14-3-1-13(2-4-14)11-29(12-21(30)23(32)33)28-22(31)20-10-19(26-27-20)15-5-6-15/h1-4,7-10,15,21,30H,5-6,11-12H2,(H,26,27)(H,28,31)(H,32,33). The third-order valence-electron chi connectivity index (χ3n) is 5.35. The van der Waals surface area contributed by atoms with E-state index in [1.807, 2.05) is 0 Å². The maximum absolute atomic E-state index is 14.1. The Morgan fingerprint density at radius 3 is 2.61 bits per heavy atom. The average molecular weight is 473 g/mol. The Bertz CT molecular complexity index is 1160. The van der Waals surface area contributed by atoms with E-state index in [2.05, 4.69) is 15.6 Å². The molecule has 1 aliphatic rings. The second-order valence-electron chi connectivity index (χ2n) is 7.98. The van der Waals surface area contributed by atoms with Crippen molar-refractivity contribution in [2.45, 2.75) is 31.4 Å². The van der Waals surface area contributed by atoms with Crippen LogP contribution in [-0.4, -0.2) is 49.9 Å². The number of halogens is 2. The molecule has 33 heavy (non-hydrogen) atoms. The lowest BCUT2D eigenvalue weighted by molar-refractivity contribution is -0.148. The number of amides is 1. The topological polar surface area (TPSA) is 119 Å². The van der Waals surface area contributed by atoms with Gasteiger partial charge in [-0.25, -0.2) is 14.2 Å². The third kappa shape index (κ3) is 5.75. The number of aliphatic carboxylic acids is 1. The summed E-state index contributed by atoms with van der Waals surface area (Å²) in [7, 11) is 0. The number of hydrogen-bond acceptors (Lipinski definition) is 5. The maximum atomic E-state index is 14.1. The lowest BCUT2D eigenvalue weighted by atomic mass is 10.0. The van der Waals surface area contributed by atoms with E-state index in [4.69, 9.17) is 16.7 Å². The fraction of sp³-hybridized carbons (Fsp3) is 0.261. The van der Waals surface area contributed by atoms with Crippen molar-refractivity contribution in [3.63, 3.8) is 0 Å². The number of nitrogens with zero attached hydrogens (tertiary/aromatic N) is 2. The number of carboxylic acids is 1. The molecule has 1 aromatic heterocycles. The van der Waals surface area contributed by atoms with Crippen LogP contribution in [0.15, 0.2) is 48.5 Å². The zero-order chi connectivity index (χ0) is 23.5. The summed E-state index contributed by atoms with van der Waals surface area (Å²) in [5, 5.41) is 27.5. The molecular formula is C23H22ClFN4O4. The van der Waals surface area contributed by atoms with E-state index in [1.165, 1.54) is 23.2 Å². The predicted octanol–water partition coefficient (Wildman–Crippen LogP) is 3.34. The van der Waals surface area contributed by atoms with Crippen LogP contribution in [0.25, 0.3) is 11.1 Å². The summed E-state index contributed by atoms with van der Waals surface area (Å²) in [6, 6.07) is 12.8. The Balaban J connectivity index is 1.48. The molecule has 1 amide bonds. The summed E-state index contributed by atoms with van der Waals surface area (Å²) in [5.74, 6) is -1.94. The first-order valence-corrected chi connectivity index (χ1v) is 10.7. The molecule has 1 fully saturated rings. The fourth-order valence-corrected chi connectivity index (χ4v) is 3.59. The summed E-state index contributed by atoms with van der Waals surface area (Å²) in [4.78, 5) is 23.8. The molecule has 2 aromatic carbocycles. The van der Waals surface area contributed by atoms with E-state index >= 15 is 0 Å². The van der Waals surface area contributed by atoms with Gasteiger partial charge in [0, 0.05) is 28.7 Å². The normalized spacial score (nSPS) is 14.3. The smallest absolute Gasteiger partial charge is 0.333 e. The van der Waals surface area contributed by atoms with Gasteiger partial charge in [0.1, 0.15) is 5.82 Å². The van der Waals surface area contributed by atoms with Crippen LogP contribution >= 0.6 is 11.6 Å². The molecule has 0 radical (unpaired) electrons. The van der Waals surface area contributed by atoms with Crippen LogP contribution in [0.3, 0.4) is 0 Å². The minimum absolute atomic E-state index is 0.105. The van der Waals surface area contributed by atoms with Crippen LogP contribution in [-0.2, 0) is 11.3 Å². The predicted molar refractivity (Wildman–Crippen MR) is 119 cm³/mol. The first-order chi connectivity index (χ1) is 15.8. The molecule has 10 heteroatoms. The maximum Gasteiger partial charge on any atom is 0.333 e. The number of H-pyrrole nitrogens is 1. The van der Waals surface area contributed by atoms with Crippen molar-refractivity contribution >= 4 is 23.5 Å². The SMILES string of the molecule is O=C(NN(Cc1ccc(-c2cc(Cl)ccc2F)cc1)CC(O)C(=O)O)c1cc(C2CC2)[nH]n1. The number of aromatic amines is 1. The number of hydrogen-bond donors (Lipinski definition) is 4. The van der Waals surface area contributed by atoms with Gasteiger partial charge in [-0.3, -0.25) is 15.3 Å². The largest absolute Gasteiger partial charge is 0.479 e. The third-order valence-corrected chi connectivity index (χ3v) is 5.59. The second kappa shape index (κ2) is 9.70. The zero-order valence-electron chi connectivity index (χ0n) is 17.5. The van der Waals surface area contributed by atoms with Crippen LogP contribution in [0.2, 0.25) is 5.02 Å². The first-order valence-electron chi connectivity index (χ1n) is 10.4. The van der Waals surface area contributed by atoms with E-state index in [0.29, 0.717) is 27.6 Å². The van der Waals surface area contributed by atoms with Gasteiger partial charge in [0.15, 0.2) is 11.8 Å². The number of aliphatic hydroxyl groups is 1. The van der Waals surface area contributed by atoms with Crippen molar-refractivity contribution in [1.82, 2.24) is 20.6 Å². The molecule has 4 N–H and O–H groups in total. The second-order valence-corrected chi connectivity index (χ2v) is 8.42. The Hall–Kier alpha value is -3.27. The lowest BCUT2D eigenvalue weighted by Gasteiger charge is -2.24. The Morgan fingerprint density at radius 1 is 1.21 bits per heavy atom. The lowest BCUT2D eigenvalue weighted by Crippen LogP contribution is -2.47. The molecule has 3 aromatic rings. The number of aromatic nitrogens is 2. The highest BCUT2D eigenvalue weighted by atomic mass is 35.5. The average Bonchev–Trinajstić information content (AvgIpc) is 3.52. The highest BCUT2D eigenvalue weighted by molar-refractivity contribution is 6.30. The van der Waals surface area contributed by atoms with Crippen LogP contribution in [0.4, 0.5) is 4.39 Å². The Labute approximate surface area is 194 Å². The number of nitrogens with one attached hydrogen (secondary N) is 2. The number of hydrazine groups is 1. The fourth-order valence-electron chi connectivity index (χ4n) is 3.42. The number of carboxylic acid groups (broad SMARTS) is 1. The molecule has 1 heterocycles. The van der Waals surface area contributed by atoms with Gasteiger partial charge in [-0.15, -0.1) is 0 Å². The van der Waals surface area contributed by atoms with Gasteiger partial charge in [0.2, 0.25) is 0 Å². The number of rotatable bonds is 9. The monoisotopic (exact) mass is 472 g/mol. The van der Waals surface area contributed by atoms with Gasteiger partial charge < -0.3 is 10.2 Å². The number of benzene rings is 2. The van der Waals surface area contributed by atoms with E-state index < -0.39 is 23.8 Å². The van der Waals surface area contributed by atoms with Crippen molar-refractivity contribution in [3.05, 3.63) is 76.3 Å². The molecule has 0 saturated heterocycles. The summed E-state index contributed by atoms with van der Waals surface area (Å²) in [6.45, 7) is -0.236. The van der Waals surface area contributed by atoms with Crippen molar-refractivity contribution < 1.29 is 24.2 Å². The molecule has 172 valence electrons. The van der Waals surface area contributed by atoms with Gasteiger partial charge in [-0.05, 0) is 48.2 Å². The highest BCUT2D eigenvalue weighted by Crippen LogP contribution is 2.39. The van der Waals surface area contributed by atoms with Crippen LogP contribution in [0, 0.1) is 5.82 Å². The van der Waals surface area contributed by atoms with Gasteiger partial charge in [0.05, 0.1) is 6.54 Å². The molecular weight excluding hydrogens is 451 g/mol. The van der Waals surface area contributed by atoms with Crippen LogP contribution in [0.5, 0.6) is 0 Å². The molecule has 0 aliphatic heterocycles. The molecule has 1 aliphatic carbocycles. The summed E-state index contributed by atoms with van der Waals surface area (Å²) in [6.07, 6.45) is 0.399. The summed E-state index contributed by atoms with van der Waals surface area (Å²) < 4.78 is 14.1. The quantitative estimate of drug-likeness (QED) is 0.355. The molecule has 4 rings (SSSR count). The molecule has 8 nitrogen and oxygen atoms in total. The molecule has 1 unspecified atom stereocenters. The van der Waals surface area contributed by atoms with Gasteiger partial charge >= 0.3 is 5.97 Å². The summed E-state index contributed by atoms with van der Waals surface area (Å²) in [5.41, 5.74) is 5.36. The van der Waals surface area contributed by atoms with E-state index in [1.54, 1.807) is 30.3 Å². The molecule has 1 atom stereocenters. The highest BCUT2D eigenvalue weighted by Gasteiger charge is 2.27. The number of carbonyl (C=O) groups excluding carboxylic acids is 1. The van der Waals surface area contributed by atoms with Gasteiger partial charge in [-0.2, -0.15) is 5.10 Å². The Kier molecular flexibility index (Phi) is 6.73. The minimum Gasteiger partial charge on any atom is -0.479 e. The number of carbonyl (C=O) groups is 2. The van der Waals surface area contributed by atoms with E-state index in [9.17, 15) is 19.1 Å². The van der Waals surface area contributed by atoms with E-state index in [0.717, 1.165) is 18.5 Å². The van der Waals surface area contributed by atoms with E-state index in [-0.39, 0.29) is 18.8 Å². The Morgan fingerprint density at radius 2 is 1.94 bits per heavy atom. The van der Waals surface area contributed by atoms with Gasteiger partial charge in [0.25, 0.3) is 5.91 Å². The number of aliphatic hydroxyl groups excluding tert-OH is 1. The van der Waals surface area contributed by atoms with Crippen molar-refractivity contribution in [3.8, 4) is 11.1 Å². The zero-order valence-corrected chi connectivity index (χ0v) is 18.2. The molecule has 0 spiro atoms. The van der Waals surface area contributed by atoms with Crippen molar-refractivity contribution in [2.75, 3.05) is 6.54 Å². The van der Waals surface area contributed by atoms with Crippen molar-refractivity contribution in [1.29, 1.82) is 0 Å².